The Morgan fingerprint density at radius 1 is 1.11 bits per heavy atom. The third-order valence-electron chi connectivity index (χ3n) is 3.88. The molecule has 0 saturated heterocycles. The molecular weight excluding hydrogens is 486 g/mol. The highest BCUT2D eigenvalue weighted by atomic mass is 79.9. The van der Waals surface area contributed by atoms with Crippen molar-refractivity contribution in [2.75, 3.05) is 23.7 Å². The number of nitrogens with zero attached hydrogens (tertiary/aromatic N) is 3. The summed E-state index contributed by atoms with van der Waals surface area (Å²) < 4.78 is 35.8. The molecule has 3 rings (SSSR count). The van der Waals surface area contributed by atoms with Crippen molar-refractivity contribution >= 4 is 72.0 Å². The predicted octanol–water partition coefficient (Wildman–Crippen LogP) is 4.59. The minimum atomic E-state index is -3.75. The number of anilines is 4. The second kappa shape index (κ2) is 8.74. The van der Waals surface area contributed by atoms with Gasteiger partial charge in [0.15, 0.2) is 21.6 Å². The van der Waals surface area contributed by atoms with Crippen molar-refractivity contribution in [3.8, 4) is 5.75 Å². The van der Waals surface area contributed by atoms with Gasteiger partial charge in [-0.25, -0.2) is 8.42 Å². The average molecular weight is 504 g/mol. The van der Waals surface area contributed by atoms with Crippen LogP contribution < -0.4 is 10.6 Å². The maximum atomic E-state index is 12.7. The first-order valence-electron chi connectivity index (χ1n) is 8.30. The van der Waals surface area contributed by atoms with Gasteiger partial charge in [0.25, 0.3) is 10.0 Å². The van der Waals surface area contributed by atoms with Crippen LogP contribution in [0.25, 0.3) is 0 Å². The van der Waals surface area contributed by atoms with Gasteiger partial charge in [0.05, 0.1) is 23.1 Å². The third kappa shape index (κ3) is 4.15. The fourth-order valence-corrected chi connectivity index (χ4v) is 6.14. The zero-order chi connectivity index (χ0) is 20.3. The lowest BCUT2D eigenvalue weighted by atomic mass is 10.3. The van der Waals surface area contributed by atoms with E-state index in [1.165, 1.54) is 4.31 Å². The molecule has 8 nitrogen and oxygen atoms in total. The van der Waals surface area contributed by atoms with Crippen molar-refractivity contribution < 1.29 is 13.5 Å². The van der Waals surface area contributed by atoms with Crippen molar-refractivity contribution in [1.82, 2.24) is 13.1 Å². The number of para-hydroxylation sites is 1. The largest absolute Gasteiger partial charge is 0.504 e. The van der Waals surface area contributed by atoms with E-state index in [-0.39, 0.29) is 15.6 Å². The van der Waals surface area contributed by atoms with Crippen LogP contribution in [0.1, 0.15) is 13.8 Å². The summed E-state index contributed by atoms with van der Waals surface area (Å²) in [5, 5.41) is 18.2. The van der Waals surface area contributed by atoms with E-state index < -0.39 is 10.0 Å². The Balaban J connectivity index is 1.86. The molecule has 0 unspecified atom stereocenters. The minimum absolute atomic E-state index is 0.0952. The van der Waals surface area contributed by atoms with Gasteiger partial charge >= 0.3 is 0 Å². The molecule has 150 valence electrons. The number of halogens is 1. The van der Waals surface area contributed by atoms with Crippen molar-refractivity contribution in [3.63, 3.8) is 0 Å². The first-order chi connectivity index (χ1) is 13.4. The molecule has 0 bridgehead atoms. The van der Waals surface area contributed by atoms with Crippen LogP contribution in [0.2, 0.25) is 0 Å². The summed E-state index contributed by atoms with van der Waals surface area (Å²) in [6.07, 6.45) is 0. The van der Waals surface area contributed by atoms with E-state index in [2.05, 4.69) is 35.3 Å². The lowest BCUT2D eigenvalue weighted by Gasteiger charge is -2.17. The number of aromatic hydroxyl groups is 1. The van der Waals surface area contributed by atoms with Gasteiger partial charge in [-0.05, 0) is 28.1 Å². The highest BCUT2D eigenvalue weighted by Crippen LogP contribution is 2.41. The molecule has 3 aromatic rings. The summed E-state index contributed by atoms with van der Waals surface area (Å²) in [6, 6.07) is 7.55. The monoisotopic (exact) mass is 503 g/mol. The maximum Gasteiger partial charge on any atom is 0.256 e. The lowest BCUT2D eigenvalue weighted by molar-refractivity contribution is 0.434. The topological polar surface area (TPSA) is 107 Å². The quantitative estimate of drug-likeness (QED) is 0.412. The molecule has 0 aliphatic carbocycles. The van der Waals surface area contributed by atoms with Gasteiger partial charge in [0.2, 0.25) is 0 Å². The van der Waals surface area contributed by atoms with Crippen LogP contribution in [-0.4, -0.2) is 39.7 Å². The molecule has 2 aromatic heterocycles. The highest BCUT2D eigenvalue weighted by Gasteiger charge is 2.29. The molecule has 0 saturated carbocycles. The van der Waals surface area contributed by atoms with Crippen LogP contribution >= 0.6 is 39.0 Å². The maximum absolute atomic E-state index is 12.7. The fourth-order valence-electron chi connectivity index (χ4n) is 2.46. The fraction of sp³-hybridized carbons (Fsp3) is 0.250. The van der Waals surface area contributed by atoms with E-state index in [0.29, 0.717) is 24.7 Å². The zero-order valence-corrected chi connectivity index (χ0v) is 19.0. The predicted molar refractivity (Wildman–Crippen MR) is 117 cm³/mol. The summed E-state index contributed by atoms with van der Waals surface area (Å²) in [6.45, 7) is 4.17. The van der Waals surface area contributed by atoms with Crippen LogP contribution in [0.15, 0.2) is 38.3 Å². The first kappa shape index (κ1) is 21.0. The molecule has 0 aliphatic heterocycles. The van der Waals surface area contributed by atoms with E-state index in [1.807, 2.05) is 24.3 Å². The molecule has 0 aliphatic rings. The van der Waals surface area contributed by atoms with E-state index in [9.17, 15) is 13.5 Å². The molecule has 28 heavy (non-hydrogen) atoms. The van der Waals surface area contributed by atoms with Gasteiger partial charge in [0, 0.05) is 22.9 Å². The second-order valence-corrected chi connectivity index (χ2v) is 9.96. The Bertz CT molecular complexity index is 1060. The number of hydrogen-bond donors (Lipinski definition) is 3. The van der Waals surface area contributed by atoms with Gasteiger partial charge in [-0.3, -0.25) is 0 Å². The summed E-state index contributed by atoms with van der Waals surface area (Å²) >= 11 is 5.42. The van der Waals surface area contributed by atoms with Crippen LogP contribution in [0.4, 0.5) is 23.0 Å². The van der Waals surface area contributed by atoms with Gasteiger partial charge in [-0.1, -0.05) is 26.0 Å². The molecule has 1 aromatic carbocycles. The van der Waals surface area contributed by atoms with Gasteiger partial charge in [0.1, 0.15) is 0 Å². The van der Waals surface area contributed by atoms with Crippen LogP contribution in [-0.2, 0) is 10.0 Å². The van der Waals surface area contributed by atoms with E-state index in [4.69, 9.17) is 0 Å². The lowest BCUT2D eigenvalue weighted by Crippen LogP contribution is -2.30. The number of thiophene rings is 1. The Labute approximate surface area is 179 Å². The molecule has 3 N–H and O–H groups in total. The van der Waals surface area contributed by atoms with Gasteiger partial charge in [-0.2, -0.15) is 13.1 Å². The van der Waals surface area contributed by atoms with Crippen LogP contribution in [0.5, 0.6) is 5.75 Å². The first-order valence-corrected chi connectivity index (χ1v) is 12.1. The summed E-state index contributed by atoms with van der Waals surface area (Å²) in [5.74, 6) is 0.535. The SMILES string of the molecule is CCN(CC)S(=O)(=O)c1scc(Nc2nsnc2Nc2ccccc2Br)c1O. The number of nitrogens with one attached hydrogen (secondary N) is 2. The molecule has 12 heteroatoms. The second-order valence-electron chi connectivity index (χ2n) is 5.57. The molecule has 0 radical (unpaired) electrons. The average Bonchev–Trinajstić information content (AvgIpc) is 3.25. The Morgan fingerprint density at radius 3 is 2.32 bits per heavy atom. The molecule has 0 fully saturated rings. The van der Waals surface area contributed by atoms with Crippen LogP contribution in [0.3, 0.4) is 0 Å². The Kier molecular flexibility index (Phi) is 6.55. The summed E-state index contributed by atoms with van der Waals surface area (Å²) in [4.78, 5) is 0. The third-order valence-corrected chi connectivity index (χ3v) is 8.64. The number of hydrogen-bond acceptors (Lipinski definition) is 9. The minimum Gasteiger partial charge on any atom is -0.504 e. The van der Waals surface area contributed by atoms with Crippen LogP contribution in [0, 0.1) is 0 Å². The van der Waals surface area contributed by atoms with Gasteiger partial charge < -0.3 is 15.7 Å². The Hall–Kier alpha value is -1.73. The zero-order valence-electron chi connectivity index (χ0n) is 15.0. The normalized spacial score (nSPS) is 11.7. The summed E-state index contributed by atoms with van der Waals surface area (Å²) in [7, 11) is -3.75. The Morgan fingerprint density at radius 2 is 1.71 bits per heavy atom. The molecule has 0 atom stereocenters. The number of rotatable bonds is 8. The smallest absolute Gasteiger partial charge is 0.256 e. The van der Waals surface area contributed by atoms with E-state index in [1.54, 1.807) is 19.2 Å². The molecule has 2 heterocycles. The summed E-state index contributed by atoms with van der Waals surface area (Å²) in [5.41, 5.74) is 1.07. The molecular formula is C16H18BrN5O3S3. The standard InChI is InChI=1S/C16H18BrN5O3S3/c1-3-22(4-2)28(24,25)16-13(23)12(9-26-16)19-15-14(20-27-21-15)18-11-8-6-5-7-10(11)17/h5-9,23H,3-4H2,1-2H3,(H,18,20)(H,19,21). The van der Waals surface area contributed by atoms with Crippen molar-refractivity contribution in [2.24, 2.45) is 0 Å². The number of aromatic nitrogens is 2. The van der Waals surface area contributed by atoms with Crippen molar-refractivity contribution in [1.29, 1.82) is 0 Å². The van der Waals surface area contributed by atoms with Crippen molar-refractivity contribution in [2.45, 2.75) is 18.1 Å². The van der Waals surface area contributed by atoms with Gasteiger partial charge in [-0.15, -0.1) is 11.3 Å². The van der Waals surface area contributed by atoms with Crippen molar-refractivity contribution in [3.05, 3.63) is 34.1 Å². The number of benzene rings is 1. The molecule has 0 spiro atoms. The highest BCUT2D eigenvalue weighted by molar-refractivity contribution is 9.10. The van der Waals surface area contributed by atoms with E-state index >= 15 is 0 Å². The number of sulfonamides is 1. The van der Waals surface area contributed by atoms with E-state index in [0.717, 1.165) is 33.2 Å². The molecule has 0 amide bonds.